The number of aliphatic hydroxyl groups excluding tert-OH is 2. The van der Waals surface area contributed by atoms with E-state index in [2.05, 4.69) is 29.4 Å². The number of aliphatic hydroxyl groups is 2. The largest absolute Gasteiger partial charge is 0.394 e. The molecule has 0 saturated heterocycles. The van der Waals surface area contributed by atoms with Crippen molar-refractivity contribution in [2.45, 2.75) is 38.8 Å². The number of rotatable bonds is 10. The summed E-state index contributed by atoms with van der Waals surface area (Å²) in [5, 5.41) is 37.9. The Kier molecular flexibility index (Phi) is 6.73. The van der Waals surface area contributed by atoms with Crippen molar-refractivity contribution in [1.29, 1.82) is 5.41 Å². The fourth-order valence-corrected chi connectivity index (χ4v) is 3.09. The molecule has 1 unspecified atom stereocenters. The second kappa shape index (κ2) is 9.44. The molecule has 0 amide bonds. The average molecular weight is 397 g/mol. The van der Waals surface area contributed by atoms with Crippen LogP contribution in [-0.2, 0) is 0 Å². The quantitative estimate of drug-likeness (QED) is 0.387. The lowest BCUT2D eigenvalue weighted by atomic mass is 10.1. The summed E-state index contributed by atoms with van der Waals surface area (Å²) in [6, 6.07) is 1.68. The van der Waals surface area contributed by atoms with Crippen molar-refractivity contribution in [2.75, 3.05) is 13.2 Å². The van der Waals surface area contributed by atoms with Gasteiger partial charge in [0.1, 0.15) is 0 Å². The average Bonchev–Trinajstić information content (AvgIpc) is 3.40. The maximum atomic E-state index is 9.23. The zero-order valence-electron chi connectivity index (χ0n) is 16.7. The molecule has 0 aromatic carbocycles. The molecular formula is C20H27N7O2. The van der Waals surface area contributed by atoms with Crippen molar-refractivity contribution < 1.29 is 10.2 Å². The maximum Gasteiger partial charge on any atom is 0.0999 e. The number of allylic oxidation sites excluding steroid dienone is 1. The molecule has 0 saturated carbocycles. The molecule has 29 heavy (non-hydrogen) atoms. The predicted octanol–water partition coefficient (Wildman–Crippen LogP) is 1.89. The van der Waals surface area contributed by atoms with Crippen LogP contribution < -0.4 is 5.32 Å². The van der Waals surface area contributed by atoms with Crippen LogP contribution in [0.25, 0.3) is 22.3 Å². The van der Waals surface area contributed by atoms with Crippen molar-refractivity contribution in [2.24, 2.45) is 0 Å². The highest BCUT2D eigenvalue weighted by Gasteiger charge is 2.15. The second-order valence-electron chi connectivity index (χ2n) is 6.96. The zero-order valence-corrected chi connectivity index (χ0v) is 16.7. The lowest BCUT2D eigenvalue weighted by Crippen LogP contribution is -2.32. The van der Waals surface area contributed by atoms with Gasteiger partial charge >= 0.3 is 0 Å². The molecule has 9 nitrogen and oxygen atoms in total. The van der Waals surface area contributed by atoms with Crippen LogP contribution in [0.5, 0.6) is 0 Å². The van der Waals surface area contributed by atoms with Crippen molar-refractivity contribution in [1.82, 2.24) is 29.7 Å². The van der Waals surface area contributed by atoms with Gasteiger partial charge in [-0.2, -0.15) is 10.2 Å². The molecule has 0 fully saturated rings. The van der Waals surface area contributed by atoms with E-state index in [1.54, 1.807) is 29.3 Å². The van der Waals surface area contributed by atoms with Crippen molar-refractivity contribution in [3.8, 4) is 11.3 Å². The van der Waals surface area contributed by atoms with Gasteiger partial charge < -0.3 is 20.9 Å². The van der Waals surface area contributed by atoms with Gasteiger partial charge in [0.15, 0.2) is 0 Å². The molecule has 0 aliphatic rings. The number of nitrogens with zero attached hydrogens (tertiary/aromatic N) is 5. The Morgan fingerprint density at radius 1 is 1.28 bits per heavy atom. The monoisotopic (exact) mass is 397 g/mol. The van der Waals surface area contributed by atoms with Crippen LogP contribution in [0, 0.1) is 5.41 Å². The molecule has 0 aliphatic carbocycles. The van der Waals surface area contributed by atoms with E-state index in [-0.39, 0.29) is 13.2 Å². The summed E-state index contributed by atoms with van der Waals surface area (Å²) in [4.78, 5) is 4.76. The Morgan fingerprint density at radius 2 is 2.07 bits per heavy atom. The molecule has 3 aromatic heterocycles. The number of nitrogens with one attached hydrogen (secondary N) is 2. The maximum absolute atomic E-state index is 9.23. The number of hydrogen-bond donors (Lipinski definition) is 4. The SMILES string of the molecule is CCCC(C)n1cc(-c2nc(/C(C=N)=C/NC(CO)CO)cn3nccc23)cn1. The Morgan fingerprint density at radius 3 is 2.76 bits per heavy atom. The Balaban J connectivity index is 2.02. The zero-order chi connectivity index (χ0) is 20.8. The summed E-state index contributed by atoms with van der Waals surface area (Å²) in [6.07, 6.45) is 12.1. The molecule has 3 heterocycles. The van der Waals surface area contributed by atoms with Crippen LogP contribution in [0.3, 0.4) is 0 Å². The number of aromatic nitrogens is 5. The molecule has 3 aromatic rings. The molecule has 0 bridgehead atoms. The first-order chi connectivity index (χ1) is 14.1. The molecular weight excluding hydrogens is 370 g/mol. The molecule has 154 valence electrons. The standard InChI is InChI=1S/C20H27N7O2/c1-3-4-14(2)26-10-16(9-24-26)20-19-5-6-23-27(19)11-18(25-20)15(7-21)8-22-17(12-28)13-29/h5-11,14,17,21-22,28-29H,3-4,12-13H2,1-2H3/b15-8+,21-7?. The fourth-order valence-electron chi connectivity index (χ4n) is 3.09. The lowest BCUT2D eigenvalue weighted by molar-refractivity contribution is 0.180. The van der Waals surface area contributed by atoms with Crippen LogP contribution >= 0.6 is 0 Å². The molecule has 3 rings (SSSR count). The van der Waals surface area contributed by atoms with Crippen LogP contribution in [0.4, 0.5) is 0 Å². The van der Waals surface area contributed by atoms with Gasteiger partial charge in [-0.3, -0.25) is 4.68 Å². The van der Waals surface area contributed by atoms with Gasteiger partial charge in [0.05, 0.1) is 54.8 Å². The Bertz CT molecular complexity index is 988. The highest BCUT2D eigenvalue weighted by molar-refractivity contribution is 6.07. The minimum atomic E-state index is -0.504. The van der Waals surface area contributed by atoms with Gasteiger partial charge in [-0.05, 0) is 19.4 Å². The number of hydrogen-bond acceptors (Lipinski definition) is 7. The van der Waals surface area contributed by atoms with Crippen LogP contribution in [0.15, 0.2) is 37.1 Å². The second-order valence-corrected chi connectivity index (χ2v) is 6.96. The Labute approximate surface area is 169 Å². The van der Waals surface area contributed by atoms with E-state index in [9.17, 15) is 10.2 Å². The smallest absolute Gasteiger partial charge is 0.0999 e. The van der Waals surface area contributed by atoms with Crippen molar-refractivity contribution >= 4 is 17.3 Å². The first kappa shape index (κ1) is 20.7. The summed E-state index contributed by atoms with van der Waals surface area (Å²) < 4.78 is 3.67. The van der Waals surface area contributed by atoms with Crippen LogP contribution in [0.2, 0.25) is 0 Å². The first-order valence-corrected chi connectivity index (χ1v) is 9.68. The minimum absolute atomic E-state index is 0.218. The van der Waals surface area contributed by atoms with Gasteiger partial charge in [0.2, 0.25) is 0 Å². The topological polar surface area (TPSA) is 124 Å². The molecule has 4 N–H and O–H groups in total. The summed E-state index contributed by atoms with van der Waals surface area (Å²) in [5.41, 5.74) is 3.49. The molecule has 1 atom stereocenters. The van der Waals surface area contributed by atoms with Crippen LogP contribution in [-0.4, -0.2) is 60.1 Å². The summed E-state index contributed by atoms with van der Waals surface area (Å²) in [7, 11) is 0. The molecule has 0 spiro atoms. The third kappa shape index (κ3) is 4.52. The predicted molar refractivity (Wildman–Crippen MR) is 112 cm³/mol. The normalized spacial score (nSPS) is 13.2. The van der Waals surface area contributed by atoms with E-state index in [4.69, 9.17) is 10.4 Å². The van der Waals surface area contributed by atoms with Gasteiger partial charge in [-0.15, -0.1) is 0 Å². The van der Waals surface area contributed by atoms with Crippen molar-refractivity contribution in [3.05, 3.63) is 42.7 Å². The van der Waals surface area contributed by atoms with E-state index < -0.39 is 6.04 Å². The van der Waals surface area contributed by atoms with E-state index in [1.807, 2.05) is 16.9 Å². The van der Waals surface area contributed by atoms with Gasteiger partial charge in [-0.1, -0.05) is 13.3 Å². The fraction of sp³-hybridized carbons (Fsp3) is 0.400. The van der Waals surface area contributed by atoms with Crippen molar-refractivity contribution in [3.63, 3.8) is 0 Å². The summed E-state index contributed by atoms with van der Waals surface area (Å²) in [5.74, 6) is 0. The van der Waals surface area contributed by atoms with Gasteiger partial charge in [0, 0.05) is 35.8 Å². The van der Waals surface area contributed by atoms with E-state index in [0.29, 0.717) is 17.3 Å². The summed E-state index contributed by atoms with van der Waals surface area (Å²) in [6.45, 7) is 3.85. The highest BCUT2D eigenvalue weighted by atomic mass is 16.3. The van der Waals surface area contributed by atoms with Gasteiger partial charge in [0.25, 0.3) is 0 Å². The van der Waals surface area contributed by atoms with E-state index in [1.165, 1.54) is 6.21 Å². The molecule has 0 radical (unpaired) electrons. The minimum Gasteiger partial charge on any atom is -0.394 e. The number of fused-ring (bicyclic) bond motifs is 1. The third-order valence-corrected chi connectivity index (χ3v) is 4.79. The molecule has 0 aliphatic heterocycles. The Hall–Kier alpha value is -3.04. The third-order valence-electron chi connectivity index (χ3n) is 4.79. The van der Waals surface area contributed by atoms with E-state index >= 15 is 0 Å². The van der Waals surface area contributed by atoms with Crippen LogP contribution in [0.1, 0.15) is 38.4 Å². The summed E-state index contributed by atoms with van der Waals surface area (Å²) >= 11 is 0. The molecule has 9 heteroatoms. The highest BCUT2D eigenvalue weighted by Crippen LogP contribution is 2.25. The first-order valence-electron chi connectivity index (χ1n) is 9.68. The lowest BCUT2D eigenvalue weighted by Gasteiger charge is -2.12. The van der Waals surface area contributed by atoms with Gasteiger partial charge in [-0.25, -0.2) is 9.50 Å². The van der Waals surface area contributed by atoms with E-state index in [0.717, 1.165) is 29.6 Å².